The molecule has 180 valence electrons. The number of hydrogen-bond donors (Lipinski definition) is 2. The van der Waals surface area contributed by atoms with Gasteiger partial charge in [0.1, 0.15) is 6.23 Å². The first-order chi connectivity index (χ1) is 14.7. The van der Waals surface area contributed by atoms with Crippen LogP contribution in [0.5, 0.6) is 0 Å². The molecule has 3 aliphatic rings. The normalized spacial score (nSPS) is 26.4. The van der Waals surface area contributed by atoms with Crippen LogP contribution in [0.15, 0.2) is 6.33 Å². The molecule has 3 heterocycles. The predicted molar refractivity (Wildman–Crippen MR) is 133 cm³/mol. The Kier molecular flexibility index (Phi) is 8.83. The minimum absolute atomic E-state index is 0. The zero-order valence-electron chi connectivity index (χ0n) is 18.9. The van der Waals surface area contributed by atoms with E-state index in [1.807, 2.05) is 6.33 Å². The van der Waals surface area contributed by atoms with Gasteiger partial charge in [0, 0.05) is 31.8 Å². The van der Waals surface area contributed by atoms with E-state index in [-0.39, 0.29) is 31.0 Å². The highest BCUT2D eigenvalue weighted by Crippen LogP contribution is 2.35. The van der Waals surface area contributed by atoms with Gasteiger partial charge in [0.2, 0.25) is 5.95 Å². The van der Waals surface area contributed by atoms with Crippen LogP contribution in [-0.2, 0) is 4.74 Å². The van der Waals surface area contributed by atoms with Crippen molar-refractivity contribution in [1.29, 1.82) is 0 Å². The van der Waals surface area contributed by atoms with E-state index in [0.717, 1.165) is 62.1 Å². The molecule has 0 aromatic carbocycles. The van der Waals surface area contributed by atoms with Crippen molar-refractivity contribution in [1.82, 2.24) is 19.5 Å². The van der Waals surface area contributed by atoms with Gasteiger partial charge in [0.15, 0.2) is 17.0 Å². The fourth-order valence-corrected chi connectivity index (χ4v) is 5.27. The van der Waals surface area contributed by atoms with Crippen molar-refractivity contribution in [2.75, 3.05) is 23.9 Å². The minimum atomic E-state index is 0. The van der Waals surface area contributed by atoms with Gasteiger partial charge in [-0.25, -0.2) is 4.98 Å². The number of hydrogen-bond acceptors (Lipinski definition) is 7. The van der Waals surface area contributed by atoms with Gasteiger partial charge in [-0.1, -0.05) is 12.8 Å². The number of ether oxygens (including phenoxy) is 1. The molecule has 2 aliphatic carbocycles. The van der Waals surface area contributed by atoms with Crippen molar-refractivity contribution >= 4 is 47.7 Å². The number of nitrogens with two attached hydrogens (primary N) is 1. The Morgan fingerprint density at radius 3 is 2.41 bits per heavy atom. The summed E-state index contributed by atoms with van der Waals surface area (Å²) in [7, 11) is 2.08. The number of nitrogens with one attached hydrogen (secondary N) is 1. The second-order valence-electron chi connectivity index (χ2n) is 9.32. The number of nitrogens with zero attached hydrogens (tertiary/aromatic N) is 5. The molecular formula is C22H37Cl2N7O. The van der Waals surface area contributed by atoms with Gasteiger partial charge in [-0.2, -0.15) is 9.97 Å². The molecule has 3 fully saturated rings. The SMILES string of the molecule is CN(c1nc(NC2CCC(N)CC2)nc2c1ncn2C1CCCC1)C1CCCCO1.Cl.Cl. The Morgan fingerprint density at radius 1 is 1.00 bits per heavy atom. The summed E-state index contributed by atoms with van der Waals surface area (Å²) in [5, 5.41) is 3.61. The molecule has 8 nitrogen and oxygen atoms in total. The Balaban J connectivity index is 0.00000144. The van der Waals surface area contributed by atoms with Crippen LogP contribution >= 0.6 is 24.8 Å². The Bertz CT molecular complexity index is 859. The fraction of sp³-hybridized carbons (Fsp3) is 0.773. The first kappa shape index (κ1) is 25.3. The van der Waals surface area contributed by atoms with Gasteiger partial charge in [0.05, 0.1) is 6.33 Å². The number of fused-ring (bicyclic) bond motifs is 1. The van der Waals surface area contributed by atoms with Crippen LogP contribution < -0.4 is 16.0 Å². The van der Waals surface area contributed by atoms with E-state index in [4.69, 9.17) is 25.4 Å². The number of halogens is 2. The van der Waals surface area contributed by atoms with Crippen LogP contribution in [0, 0.1) is 0 Å². The smallest absolute Gasteiger partial charge is 0.227 e. The summed E-state index contributed by atoms with van der Waals surface area (Å²) in [6, 6.07) is 1.21. The first-order valence-electron chi connectivity index (χ1n) is 11.8. The molecule has 5 rings (SSSR count). The topological polar surface area (TPSA) is 94.1 Å². The lowest BCUT2D eigenvalue weighted by Crippen LogP contribution is -2.37. The van der Waals surface area contributed by atoms with Crippen molar-refractivity contribution in [2.24, 2.45) is 5.73 Å². The fourth-order valence-electron chi connectivity index (χ4n) is 5.27. The zero-order chi connectivity index (χ0) is 20.5. The van der Waals surface area contributed by atoms with Crippen LogP contribution in [0.25, 0.3) is 11.2 Å². The molecular weight excluding hydrogens is 449 g/mol. The first-order valence-corrected chi connectivity index (χ1v) is 11.8. The van der Waals surface area contributed by atoms with Crippen molar-refractivity contribution in [2.45, 2.75) is 95.0 Å². The standard InChI is InChI=1S/C22H35N7O.2ClH/c1-28(18-8-4-5-13-30-18)20-19-21(29(14-24-19)17-6-2-3-7-17)27-22(26-20)25-16-11-9-15(23)10-12-16;;/h14-18H,2-13,23H2,1H3,(H,25,26,27);2*1H. The van der Waals surface area contributed by atoms with E-state index < -0.39 is 0 Å². The maximum absolute atomic E-state index is 6.10. The summed E-state index contributed by atoms with van der Waals surface area (Å²) in [5.74, 6) is 1.58. The van der Waals surface area contributed by atoms with Crippen molar-refractivity contribution in [3.05, 3.63) is 6.33 Å². The molecule has 2 saturated carbocycles. The molecule has 1 saturated heterocycles. The maximum atomic E-state index is 6.10. The Hall–Kier alpha value is -1.35. The highest BCUT2D eigenvalue weighted by Gasteiger charge is 2.27. The lowest BCUT2D eigenvalue weighted by Gasteiger charge is -2.32. The van der Waals surface area contributed by atoms with Crippen LogP contribution in [0.1, 0.15) is 76.7 Å². The van der Waals surface area contributed by atoms with E-state index in [1.54, 1.807) is 0 Å². The van der Waals surface area contributed by atoms with Crippen LogP contribution in [0.4, 0.5) is 11.8 Å². The molecule has 2 aromatic rings. The highest BCUT2D eigenvalue weighted by molar-refractivity contribution is 5.86. The highest BCUT2D eigenvalue weighted by atomic mass is 35.5. The third-order valence-electron chi connectivity index (χ3n) is 7.15. The summed E-state index contributed by atoms with van der Waals surface area (Å²) in [6.07, 6.45) is 14.6. The zero-order valence-corrected chi connectivity index (χ0v) is 20.5. The minimum Gasteiger partial charge on any atom is -0.358 e. The van der Waals surface area contributed by atoms with Gasteiger partial charge >= 0.3 is 0 Å². The van der Waals surface area contributed by atoms with Crippen LogP contribution in [0.3, 0.4) is 0 Å². The second-order valence-corrected chi connectivity index (χ2v) is 9.32. The summed E-state index contributed by atoms with van der Waals surface area (Å²) < 4.78 is 8.33. The summed E-state index contributed by atoms with van der Waals surface area (Å²) in [4.78, 5) is 16.8. The lowest BCUT2D eigenvalue weighted by atomic mass is 9.92. The quantitative estimate of drug-likeness (QED) is 0.646. The monoisotopic (exact) mass is 485 g/mol. The van der Waals surface area contributed by atoms with Crippen molar-refractivity contribution < 1.29 is 4.74 Å². The average molecular weight is 486 g/mol. The number of imidazole rings is 1. The molecule has 1 unspecified atom stereocenters. The summed E-state index contributed by atoms with van der Waals surface area (Å²) >= 11 is 0. The van der Waals surface area contributed by atoms with Gasteiger partial charge in [0.25, 0.3) is 0 Å². The Morgan fingerprint density at radius 2 is 1.72 bits per heavy atom. The molecule has 0 radical (unpaired) electrons. The van der Waals surface area contributed by atoms with E-state index in [1.165, 1.54) is 32.1 Å². The van der Waals surface area contributed by atoms with E-state index in [9.17, 15) is 0 Å². The van der Waals surface area contributed by atoms with E-state index in [0.29, 0.717) is 24.1 Å². The van der Waals surface area contributed by atoms with Gasteiger partial charge in [-0.15, -0.1) is 24.8 Å². The number of aromatic nitrogens is 4. The molecule has 1 aliphatic heterocycles. The molecule has 1 atom stereocenters. The second kappa shape index (κ2) is 11.2. The van der Waals surface area contributed by atoms with Crippen LogP contribution in [0.2, 0.25) is 0 Å². The summed E-state index contributed by atoms with van der Waals surface area (Å²) in [6.45, 7) is 0.813. The average Bonchev–Trinajstić information content (AvgIpc) is 3.45. The lowest BCUT2D eigenvalue weighted by molar-refractivity contribution is 0.0171. The predicted octanol–water partition coefficient (Wildman–Crippen LogP) is 4.43. The maximum Gasteiger partial charge on any atom is 0.227 e. The molecule has 3 N–H and O–H groups in total. The molecule has 2 aromatic heterocycles. The van der Waals surface area contributed by atoms with Gasteiger partial charge in [-0.3, -0.25) is 0 Å². The molecule has 0 spiro atoms. The van der Waals surface area contributed by atoms with E-state index in [2.05, 4.69) is 21.8 Å². The third kappa shape index (κ3) is 5.24. The molecule has 0 amide bonds. The van der Waals surface area contributed by atoms with Crippen LogP contribution in [-0.4, -0.2) is 51.5 Å². The summed E-state index contributed by atoms with van der Waals surface area (Å²) in [5.41, 5.74) is 7.93. The van der Waals surface area contributed by atoms with Gasteiger partial charge < -0.3 is 25.3 Å². The van der Waals surface area contributed by atoms with Gasteiger partial charge in [-0.05, 0) is 57.8 Å². The van der Waals surface area contributed by atoms with Crippen molar-refractivity contribution in [3.8, 4) is 0 Å². The largest absolute Gasteiger partial charge is 0.358 e. The van der Waals surface area contributed by atoms with E-state index >= 15 is 0 Å². The third-order valence-corrected chi connectivity index (χ3v) is 7.15. The van der Waals surface area contributed by atoms with Crippen molar-refractivity contribution in [3.63, 3.8) is 0 Å². The molecule has 10 heteroatoms. The molecule has 0 bridgehead atoms. The number of anilines is 2. The molecule has 32 heavy (non-hydrogen) atoms. The Labute approximate surface area is 202 Å². The number of rotatable bonds is 5.